The summed E-state index contributed by atoms with van der Waals surface area (Å²) in [6.07, 6.45) is 0.322. The molecule has 0 saturated carbocycles. The molecule has 0 aliphatic rings. The lowest BCUT2D eigenvalue weighted by Gasteiger charge is -2.13. The van der Waals surface area contributed by atoms with E-state index >= 15 is 0 Å². The second kappa shape index (κ2) is 8.94. The number of carbonyl (C=O) groups excluding carboxylic acids is 3. The maximum Gasteiger partial charge on any atom is 0.338 e. The van der Waals surface area contributed by atoms with Crippen LogP contribution < -0.4 is 5.32 Å². The van der Waals surface area contributed by atoms with Crippen molar-refractivity contribution in [2.24, 2.45) is 0 Å². The third-order valence-corrected chi connectivity index (χ3v) is 3.84. The Hall–Kier alpha value is -2.95. The van der Waals surface area contributed by atoms with Crippen LogP contribution in [0.25, 0.3) is 0 Å². The molecule has 0 fully saturated rings. The van der Waals surface area contributed by atoms with E-state index in [1.165, 1.54) is 0 Å². The Balaban J connectivity index is 1.99. The van der Waals surface area contributed by atoms with Crippen LogP contribution in [-0.4, -0.2) is 23.8 Å². The molecule has 0 saturated heterocycles. The molecule has 5 heteroatoms. The van der Waals surface area contributed by atoms with Gasteiger partial charge in [-0.2, -0.15) is 0 Å². The monoisotopic (exact) mass is 353 g/mol. The number of ether oxygens (including phenoxy) is 1. The molecule has 2 aromatic carbocycles. The van der Waals surface area contributed by atoms with Crippen molar-refractivity contribution in [2.45, 2.75) is 39.7 Å². The van der Waals surface area contributed by atoms with Crippen LogP contribution in [0, 0.1) is 6.92 Å². The molecule has 2 aromatic rings. The molecule has 2 rings (SSSR count). The second-order valence-corrected chi connectivity index (χ2v) is 6.16. The fourth-order valence-electron chi connectivity index (χ4n) is 2.46. The van der Waals surface area contributed by atoms with E-state index < -0.39 is 12.1 Å². The van der Waals surface area contributed by atoms with Gasteiger partial charge >= 0.3 is 5.97 Å². The number of esters is 1. The molecule has 1 atom stereocenters. The van der Waals surface area contributed by atoms with Gasteiger partial charge in [0.25, 0.3) is 0 Å². The number of benzene rings is 2. The van der Waals surface area contributed by atoms with Gasteiger partial charge in [-0.1, -0.05) is 24.6 Å². The first-order chi connectivity index (χ1) is 12.4. The van der Waals surface area contributed by atoms with Crippen LogP contribution in [0.15, 0.2) is 48.5 Å². The fraction of sp³-hybridized carbons (Fsp3) is 0.286. The average molecular weight is 353 g/mol. The Labute approximate surface area is 153 Å². The molecule has 0 aromatic heterocycles. The Morgan fingerprint density at radius 3 is 2.35 bits per heavy atom. The minimum atomic E-state index is -0.899. The predicted octanol–water partition coefficient (Wildman–Crippen LogP) is 4.16. The number of rotatable bonds is 7. The molecule has 1 unspecified atom stereocenters. The summed E-state index contributed by atoms with van der Waals surface area (Å²) >= 11 is 0. The van der Waals surface area contributed by atoms with Crippen LogP contribution in [0.3, 0.4) is 0 Å². The SMILES string of the molecule is CCCC(=O)Nc1ccc(C(=O)C(C)OC(=O)c2cccc(C)c2)cc1. The molecule has 136 valence electrons. The van der Waals surface area contributed by atoms with Gasteiger partial charge in [0.05, 0.1) is 5.56 Å². The third-order valence-electron chi connectivity index (χ3n) is 3.84. The lowest BCUT2D eigenvalue weighted by molar-refractivity contribution is -0.116. The lowest BCUT2D eigenvalue weighted by atomic mass is 10.1. The predicted molar refractivity (Wildman–Crippen MR) is 100 cm³/mol. The summed E-state index contributed by atoms with van der Waals surface area (Å²) in [5.74, 6) is -0.887. The van der Waals surface area contributed by atoms with Crippen LogP contribution in [0.5, 0.6) is 0 Å². The van der Waals surface area contributed by atoms with Crippen LogP contribution in [0.1, 0.15) is 53.0 Å². The van der Waals surface area contributed by atoms with E-state index in [9.17, 15) is 14.4 Å². The van der Waals surface area contributed by atoms with E-state index in [1.54, 1.807) is 49.4 Å². The minimum absolute atomic E-state index is 0.0629. The Morgan fingerprint density at radius 1 is 1.04 bits per heavy atom. The zero-order valence-corrected chi connectivity index (χ0v) is 15.2. The molecule has 0 heterocycles. The quantitative estimate of drug-likeness (QED) is 0.599. The number of carbonyl (C=O) groups is 3. The number of nitrogens with one attached hydrogen (secondary N) is 1. The highest BCUT2D eigenvalue weighted by Crippen LogP contribution is 2.14. The maximum atomic E-state index is 12.4. The number of aryl methyl sites for hydroxylation is 1. The largest absolute Gasteiger partial charge is 0.451 e. The molecule has 26 heavy (non-hydrogen) atoms. The summed E-state index contributed by atoms with van der Waals surface area (Å²) in [4.78, 5) is 36.2. The van der Waals surface area contributed by atoms with Crippen LogP contribution >= 0.6 is 0 Å². The average Bonchev–Trinajstić information content (AvgIpc) is 2.62. The number of Topliss-reactive ketones (excluding diaryl/α,β-unsaturated/α-hetero) is 1. The molecule has 0 bridgehead atoms. The Bertz CT molecular complexity index is 796. The summed E-state index contributed by atoms with van der Waals surface area (Å²) in [6.45, 7) is 5.36. The number of hydrogen-bond donors (Lipinski definition) is 1. The van der Waals surface area contributed by atoms with E-state index in [-0.39, 0.29) is 11.7 Å². The zero-order chi connectivity index (χ0) is 19.1. The van der Waals surface area contributed by atoms with Crippen molar-refractivity contribution in [3.8, 4) is 0 Å². The van der Waals surface area contributed by atoms with Crippen molar-refractivity contribution < 1.29 is 19.1 Å². The molecule has 0 spiro atoms. The van der Waals surface area contributed by atoms with Gasteiger partial charge in [0, 0.05) is 17.7 Å². The van der Waals surface area contributed by atoms with E-state index in [0.717, 1.165) is 12.0 Å². The van der Waals surface area contributed by atoms with Crippen molar-refractivity contribution in [1.82, 2.24) is 0 Å². The Morgan fingerprint density at radius 2 is 1.73 bits per heavy atom. The standard InChI is InChI=1S/C21H23NO4/c1-4-6-19(23)22-18-11-9-16(10-12-18)20(24)15(3)26-21(25)17-8-5-7-14(2)13-17/h5,7-13,15H,4,6H2,1-3H3,(H,22,23). The number of ketones is 1. The van der Waals surface area contributed by atoms with Crippen LogP contribution in [-0.2, 0) is 9.53 Å². The normalized spacial score (nSPS) is 11.5. The molecule has 0 aliphatic heterocycles. The van der Waals surface area contributed by atoms with E-state index in [2.05, 4.69) is 5.32 Å². The van der Waals surface area contributed by atoms with E-state index in [1.807, 2.05) is 19.9 Å². The summed E-state index contributed by atoms with van der Waals surface area (Å²) in [6, 6.07) is 13.6. The number of amides is 1. The summed E-state index contributed by atoms with van der Waals surface area (Å²) in [5, 5.41) is 2.76. The molecular formula is C21H23NO4. The highest BCUT2D eigenvalue weighted by atomic mass is 16.5. The molecule has 1 N–H and O–H groups in total. The molecule has 0 aliphatic carbocycles. The number of hydrogen-bond acceptors (Lipinski definition) is 4. The smallest absolute Gasteiger partial charge is 0.338 e. The third kappa shape index (κ3) is 5.28. The highest BCUT2D eigenvalue weighted by molar-refractivity contribution is 6.02. The molecular weight excluding hydrogens is 330 g/mol. The van der Waals surface area contributed by atoms with Gasteiger partial charge in [0.1, 0.15) is 0 Å². The topological polar surface area (TPSA) is 72.5 Å². The van der Waals surface area contributed by atoms with Gasteiger partial charge in [-0.15, -0.1) is 0 Å². The molecule has 1 amide bonds. The summed E-state index contributed by atoms with van der Waals surface area (Å²) < 4.78 is 5.28. The van der Waals surface area contributed by atoms with E-state index in [0.29, 0.717) is 23.2 Å². The minimum Gasteiger partial charge on any atom is -0.451 e. The van der Waals surface area contributed by atoms with Crippen LogP contribution in [0.4, 0.5) is 5.69 Å². The maximum absolute atomic E-state index is 12.4. The van der Waals surface area contributed by atoms with Gasteiger partial charge in [-0.3, -0.25) is 9.59 Å². The van der Waals surface area contributed by atoms with Gasteiger partial charge < -0.3 is 10.1 Å². The second-order valence-electron chi connectivity index (χ2n) is 6.16. The van der Waals surface area contributed by atoms with Gasteiger partial charge in [0.2, 0.25) is 11.7 Å². The van der Waals surface area contributed by atoms with Crippen molar-refractivity contribution in [2.75, 3.05) is 5.32 Å². The number of anilines is 1. The van der Waals surface area contributed by atoms with Crippen molar-refractivity contribution >= 4 is 23.3 Å². The fourth-order valence-corrected chi connectivity index (χ4v) is 2.46. The van der Waals surface area contributed by atoms with Gasteiger partial charge in [-0.05, 0) is 56.7 Å². The van der Waals surface area contributed by atoms with Crippen molar-refractivity contribution in [1.29, 1.82) is 0 Å². The highest BCUT2D eigenvalue weighted by Gasteiger charge is 2.20. The van der Waals surface area contributed by atoms with E-state index in [4.69, 9.17) is 4.74 Å². The van der Waals surface area contributed by atoms with Crippen molar-refractivity contribution in [3.05, 3.63) is 65.2 Å². The zero-order valence-electron chi connectivity index (χ0n) is 15.2. The first-order valence-corrected chi connectivity index (χ1v) is 8.62. The summed E-state index contributed by atoms with van der Waals surface area (Å²) in [5.41, 5.74) is 2.41. The molecule has 5 nitrogen and oxygen atoms in total. The first-order valence-electron chi connectivity index (χ1n) is 8.62. The van der Waals surface area contributed by atoms with Gasteiger partial charge in [-0.25, -0.2) is 4.79 Å². The summed E-state index contributed by atoms with van der Waals surface area (Å²) in [7, 11) is 0. The Kier molecular flexibility index (Phi) is 6.67. The van der Waals surface area contributed by atoms with Crippen molar-refractivity contribution in [3.63, 3.8) is 0 Å². The van der Waals surface area contributed by atoms with Gasteiger partial charge in [0.15, 0.2) is 6.10 Å². The molecule has 0 radical (unpaired) electrons. The first kappa shape index (κ1) is 19.4. The van der Waals surface area contributed by atoms with Crippen LogP contribution in [0.2, 0.25) is 0 Å². The lowest BCUT2D eigenvalue weighted by Crippen LogP contribution is -2.24.